The molecule has 3 aliphatic rings. The maximum Gasteiger partial charge on any atom is 0.226 e. The summed E-state index contributed by atoms with van der Waals surface area (Å²) in [6.07, 6.45) is 4.11. The van der Waals surface area contributed by atoms with Crippen molar-refractivity contribution in [1.82, 2.24) is 15.2 Å². The zero-order valence-corrected chi connectivity index (χ0v) is 13.4. The largest absolute Gasteiger partial charge is 0.352 e. The van der Waals surface area contributed by atoms with Gasteiger partial charge < -0.3 is 10.2 Å². The highest BCUT2D eigenvalue weighted by Gasteiger charge is 2.29. The molecule has 2 aromatic heterocycles. The first-order valence-electron chi connectivity index (χ1n) is 8.11. The van der Waals surface area contributed by atoms with E-state index in [4.69, 9.17) is 0 Å². The van der Waals surface area contributed by atoms with Gasteiger partial charge in [-0.2, -0.15) is 0 Å². The van der Waals surface area contributed by atoms with Crippen LogP contribution in [-0.2, 0) is 11.2 Å². The quantitative estimate of drug-likeness (QED) is 0.946. The van der Waals surface area contributed by atoms with Gasteiger partial charge in [-0.15, -0.1) is 11.3 Å². The molecular formula is C17H21N3OS. The van der Waals surface area contributed by atoms with Gasteiger partial charge in [-0.05, 0) is 61.8 Å². The summed E-state index contributed by atoms with van der Waals surface area (Å²) in [7, 11) is 0. The van der Waals surface area contributed by atoms with Crippen LogP contribution in [0.3, 0.4) is 0 Å². The Morgan fingerprint density at radius 3 is 3.05 bits per heavy atom. The molecule has 0 aliphatic carbocycles. The summed E-state index contributed by atoms with van der Waals surface area (Å²) < 4.78 is 1.18. The smallest absolute Gasteiger partial charge is 0.226 e. The molecule has 4 nitrogen and oxygen atoms in total. The summed E-state index contributed by atoms with van der Waals surface area (Å²) in [4.78, 5) is 19.4. The molecule has 5 rings (SSSR count). The molecule has 3 fully saturated rings. The molecule has 22 heavy (non-hydrogen) atoms. The van der Waals surface area contributed by atoms with Crippen molar-refractivity contribution >= 4 is 27.5 Å². The van der Waals surface area contributed by atoms with E-state index < -0.39 is 0 Å². The maximum atomic E-state index is 12.3. The van der Waals surface area contributed by atoms with Crippen LogP contribution >= 0.6 is 11.3 Å². The van der Waals surface area contributed by atoms with E-state index in [1.165, 1.54) is 30.6 Å². The van der Waals surface area contributed by atoms with E-state index in [1.54, 1.807) is 11.3 Å². The lowest BCUT2D eigenvalue weighted by atomic mass is 9.94. The molecule has 116 valence electrons. The van der Waals surface area contributed by atoms with Gasteiger partial charge in [0, 0.05) is 12.6 Å². The number of fused-ring (bicyclic) bond motifs is 5. The highest BCUT2D eigenvalue weighted by Crippen LogP contribution is 2.26. The van der Waals surface area contributed by atoms with Crippen LogP contribution in [0, 0.1) is 5.92 Å². The molecule has 2 aromatic rings. The van der Waals surface area contributed by atoms with Crippen molar-refractivity contribution in [1.29, 1.82) is 0 Å². The topological polar surface area (TPSA) is 45.2 Å². The molecule has 5 heteroatoms. The Bertz CT molecular complexity index is 661. The van der Waals surface area contributed by atoms with Crippen molar-refractivity contribution in [3.05, 3.63) is 29.3 Å². The Balaban J connectivity index is 1.39. The van der Waals surface area contributed by atoms with Gasteiger partial charge in [0.05, 0.1) is 22.3 Å². The molecule has 1 atom stereocenters. The van der Waals surface area contributed by atoms with Crippen molar-refractivity contribution in [2.24, 2.45) is 5.92 Å². The fourth-order valence-corrected chi connectivity index (χ4v) is 4.46. The van der Waals surface area contributed by atoms with Crippen LogP contribution in [-0.4, -0.2) is 41.5 Å². The van der Waals surface area contributed by atoms with Crippen LogP contribution in [0.5, 0.6) is 0 Å². The van der Waals surface area contributed by atoms with Crippen molar-refractivity contribution in [3.63, 3.8) is 0 Å². The lowest BCUT2D eigenvalue weighted by molar-refractivity contribution is -0.121. The van der Waals surface area contributed by atoms with E-state index >= 15 is 0 Å². The lowest BCUT2D eigenvalue weighted by Gasteiger charge is -2.26. The Morgan fingerprint density at radius 2 is 2.18 bits per heavy atom. The highest BCUT2D eigenvalue weighted by molar-refractivity contribution is 7.17. The van der Waals surface area contributed by atoms with Gasteiger partial charge in [0.2, 0.25) is 5.91 Å². The second-order valence-electron chi connectivity index (χ2n) is 6.53. The number of pyridine rings is 1. The molecule has 1 N–H and O–H groups in total. The first kappa shape index (κ1) is 14.2. The van der Waals surface area contributed by atoms with Crippen LogP contribution in [0.2, 0.25) is 0 Å². The van der Waals surface area contributed by atoms with E-state index in [-0.39, 0.29) is 5.91 Å². The first-order chi connectivity index (χ1) is 10.8. The normalized spacial score (nSPS) is 27.7. The SMILES string of the molecule is O=C(Cc1ccc2sccc2n1)NC1CC2CCN(CC2)C1. The minimum atomic E-state index is 0.106. The van der Waals surface area contributed by atoms with Crippen LogP contribution in [0.4, 0.5) is 0 Å². The molecule has 3 aliphatic heterocycles. The fraction of sp³-hybridized carbons (Fsp3) is 0.529. The minimum Gasteiger partial charge on any atom is -0.352 e. The summed E-state index contributed by atoms with van der Waals surface area (Å²) >= 11 is 1.68. The average molecular weight is 315 g/mol. The molecule has 0 saturated carbocycles. The molecule has 2 bridgehead atoms. The molecular weight excluding hydrogens is 294 g/mol. The Kier molecular flexibility index (Phi) is 3.84. The number of aromatic nitrogens is 1. The average Bonchev–Trinajstić information content (AvgIpc) is 2.78. The van der Waals surface area contributed by atoms with Gasteiger partial charge in [-0.3, -0.25) is 9.78 Å². The number of piperidine rings is 1. The van der Waals surface area contributed by atoms with Crippen molar-refractivity contribution in [3.8, 4) is 0 Å². The standard InChI is InChI=1S/C17H21N3OS/c21-17(10-13-1-2-16-15(18-13)5-8-22-16)19-14-9-12-3-6-20(11-14)7-4-12/h1-2,5,8,12,14H,3-4,6-7,9-11H2,(H,19,21). The van der Waals surface area contributed by atoms with E-state index in [0.29, 0.717) is 12.5 Å². The number of thiophene rings is 1. The van der Waals surface area contributed by atoms with Gasteiger partial charge in [0.15, 0.2) is 0 Å². The molecule has 1 unspecified atom stereocenters. The van der Waals surface area contributed by atoms with Crippen LogP contribution < -0.4 is 5.32 Å². The summed E-state index contributed by atoms with van der Waals surface area (Å²) in [5.41, 5.74) is 1.86. The number of nitrogens with zero attached hydrogens (tertiary/aromatic N) is 2. The highest BCUT2D eigenvalue weighted by atomic mass is 32.1. The van der Waals surface area contributed by atoms with Crippen LogP contribution in [0.15, 0.2) is 23.6 Å². The minimum absolute atomic E-state index is 0.106. The van der Waals surface area contributed by atoms with Crippen molar-refractivity contribution < 1.29 is 4.79 Å². The lowest BCUT2D eigenvalue weighted by Crippen LogP contribution is -2.42. The van der Waals surface area contributed by atoms with Gasteiger partial charge in [0.25, 0.3) is 0 Å². The first-order valence-corrected chi connectivity index (χ1v) is 8.99. The van der Waals surface area contributed by atoms with Gasteiger partial charge in [-0.25, -0.2) is 0 Å². The predicted molar refractivity (Wildman–Crippen MR) is 89.0 cm³/mol. The van der Waals surface area contributed by atoms with Gasteiger partial charge in [-0.1, -0.05) is 0 Å². The van der Waals surface area contributed by atoms with E-state index in [1.807, 2.05) is 17.5 Å². The van der Waals surface area contributed by atoms with E-state index in [2.05, 4.69) is 21.3 Å². The molecule has 5 heterocycles. The number of carbonyl (C=O) groups is 1. The second kappa shape index (κ2) is 5.97. The zero-order chi connectivity index (χ0) is 14.9. The second-order valence-corrected chi connectivity index (χ2v) is 7.48. The number of nitrogens with one attached hydrogen (secondary N) is 1. The van der Waals surface area contributed by atoms with Crippen molar-refractivity contribution in [2.75, 3.05) is 19.6 Å². The fourth-order valence-electron chi connectivity index (χ4n) is 3.73. The molecule has 1 amide bonds. The molecule has 0 radical (unpaired) electrons. The maximum absolute atomic E-state index is 12.3. The molecule has 3 saturated heterocycles. The Morgan fingerprint density at radius 1 is 1.32 bits per heavy atom. The summed E-state index contributed by atoms with van der Waals surface area (Å²) in [5.74, 6) is 0.902. The third-order valence-electron chi connectivity index (χ3n) is 4.87. The third kappa shape index (κ3) is 3.01. The Hall–Kier alpha value is -1.46. The Labute approximate surface area is 134 Å². The summed E-state index contributed by atoms with van der Waals surface area (Å²) in [6, 6.07) is 6.36. The molecule has 0 spiro atoms. The van der Waals surface area contributed by atoms with E-state index in [9.17, 15) is 4.79 Å². The van der Waals surface area contributed by atoms with Gasteiger partial charge in [0.1, 0.15) is 0 Å². The number of hydrogen-bond donors (Lipinski definition) is 1. The zero-order valence-electron chi connectivity index (χ0n) is 12.6. The number of amides is 1. The predicted octanol–water partition coefficient (Wildman–Crippen LogP) is 2.44. The van der Waals surface area contributed by atoms with Crippen LogP contribution in [0.25, 0.3) is 10.2 Å². The molecule has 0 aromatic carbocycles. The number of hydrogen-bond acceptors (Lipinski definition) is 4. The number of rotatable bonds is 3. The van der Waals surface area contributed by atoms with Gasteiger partial charge >= 0.3 is 0 Å². The van der Waals surface area contributed by atoms with Crippen molar-refractivity contribution in [2.45, 2.75) is 31.7 Å². The monoisotopic (exact) mass is 315 g/mol. The summed E-state index contributed by atoms with van der Waals surface area (Å²) in [6.45, 7) is 3.42. The third-order valence-corrected chi connectivity index (χ3v) is 5.75. The number of carbonyl (C=O) groups excluding carboxylic acids is 1. The van der Waals surface area contributed by atoms with E-state index in [0.717, 1.165) is 30.1 Å². The summed E-state index contributed by atoms with van der Waals surface area (Å²) in [5, 5.41) is 5.27. The van der Waals surface area contributed by atoms with Crippen LogP contribution in [0.1, 0.15) is 25.0 Å².